The first kappa shape index (κ1) is 7.44. The molecule has 10 heavy (non-hydrogen) atoms. The number of alkyl halides is 2. The van der Waals surface area contributed by atoms with Crippen LogP contribution in [-0.4, -0.2) is 18.9 Å². The Morgan fingerprint density at radius 3 is 2.10 bits per heavy atom. The van der Waals surface area contributed by atoms with Crippen molar-refractivity contribution in [3.05, 3.63) is 0 Å². The Labute approximate surface area is 57.6 Å². The molecule has 58 valence electrons. The maximum atomic E-state index is 12.4. The molecule has 1 N–H and O–H groups in total. The normalized spacial score (nSPS) is 35.2. The summed E-state index contributed by atoms with van der Waals surface area (Å²) in [6.45, 7) is 1.37. The number of rotatable bonds is 1. The monoisotopic (exact) mass is 149 g/mol. The molecule has 2 atom stereocenters. The molecule has 1 amide bonds. The molecule has 1 aliphatic carbocycles. The molecule has 1 saturated carbocycles. The highest BCUT2D eigenvalue weighted by atomic mass is 19.3. The second-order valence-electron chi connectivity index (χ2n) is 2.56. The lowest BCUT2D eigenvalue weighted by molar-refractivity contribution is -0.123. The van der Waals surface area contributed by atoms with Gasteiger partial charge in [-0.25, -0.2) is 8.78 Å². The zero-order valence-corrected chi connectivity index (χ0v) is 5.82. The van der Waals surface area contributed by atoms with Gasteiger partial charge >= 0.3 is 0 Å². The molecule has 0 aliphatic heterocycles. The van der Waals surface area contributed by atoms with E-state index >= 15 is 0 Å². The summed E-state index contributed by atoms with van der Waals surface area (Å²) in [6, 6.07) is 0. The van der Waals surface area contributed by atoms with Crippen molar-refractivity contribution in [2.24, 2.45) is 11.8 Å². The lowest BCUT2D eigenvalue weighted by Gasteiger charge is -1.93. The molecule has 0 spiro atoms. The fourth-order valence-corrected chi connectivity index (χ4v) is 1.04. The van der Waals surface area contributed by atoms with E-state index in [0.29, 0.717) is 0 Å². The van der Waals surface area contributed by atoms with Gasteiger partial charge in [0.15, 0.2) is 0 Å². The van der Waals surface area contributed by atoms with E-state index in [1.807, 2.05) is 0 Å². The van der Waals surface area contributed by atoms with Crippen molar-refractivity contribution >= 4 is 5.91 Å². The summed E-state index contributed by atoms with van der Waals surface area (Å²) in [6.07, 6.45) is 0. The van der Waals surface area contributed by atoms with E-state index in [-0.39, 0.29) is 0 Å². The Bertz CT molecular complexity index is 169. The molecular weight excluding hydrogens is 140 g/mol. The summed E-state index contributed by atoms with van der Waals surface area (Å²) < 4.78 is 24.7. The van der Waals surface area contributed by atoms with E-state index < -0.39 is 23.7 Å². The smallest absolute Gasteiger partial charge is 0.263 e. The van der Waals surface area contributed by atoms with Crippen LogP contribution >= 0.6 is 0 Å². The van der Waals surface area contributed by atoms with Crippen molar-refractivity contribution in [2.45, 2.75) is 12.8 Å². The first-order valence-electron chi connectivity index (χ1n) is 3.11. The molecule has 1 rings (SSSR count). The molecular formula is C6H9F2NO. The van der Waals surface area contributed by atoms with Crippen LogP contribution in [-0.2, 0) is 4.79 Å². The van der Waals surface area contributed by atoms with Gasteiger partial charge in [0.2, 0.25) is 5.91 Å². The van der Waals surface area contributed by atoms with Crippen molar-refractivity contribution in [3.8, 4) is 0 Å². The van der Waals surface area contributed by atoms with Crippen LogP contribution in [0, 0.1) is 11.8 Å². The van der Waals surface area contributed by atoms with E-state index in [2.05, 4.69) is 5.32 Å². The topological polar surface area (TPSA) is 29.1 Å². The Morgan fingerprint density at radius 1 is 1.60 bits per heavy atom. The molecule has 0 radical (unpaired) electrons. The van der Waals surface area contributed by atoms with E-state index in [0.717, 1.165) is 0 Å². The molecule has 1 aliphatic rings. The third-order valence-corrected chi connectivity index (χ3v) is 1.94. The molecule has 0 bridgehead atoms. The van der Waals surface area contributed by atoms with Crippen LogP contribution in [0.25, 0.3) is 0 Å². The quantitative estimate of drug-likeness (QED) is 0.582. The molecule has 2 nitrogen and oxygen atoms in total. The SMILES string of the molecule is CNC(=O)C1C(C)C1(F)F. The fourth-order valence-electron chi connectivity index (χ4n) is 1.04. The molecule has 4 heteroatoms. The summed E-state index contributed by atoms with van der Waals surface area (Å²) in [5, 5.41) is 2.19. The summed E-state index contributed by atoms with van der Waals surface area (Å²) in [7, 11) is 1.36. The Balaban J connectivity index is 2.57. The number of nitrogens with one attached hydrogen (secondary N) is 1. The minimum absolute atomic E-state index is 0.558. The Hall–Kier alpha value is -0.670. The first-order valence-corrected chi connectivity index (χ1v) is 3.11. The van der Waals surface area contributed by atoms with Gasteiger partial charge in [0.25, 0.3) is 5.92 Å². The summed E-state index contributed by atoms with van der Waals surface area (Å²) in [5.74, 6) is -5.19. The van der Waals surface area contributed by atoms with Crippen molar-refractivity contribution in [1.82, 2.24) is 5.32 Å². The fraction of sp³-hybridized carbons (Fsp3) is 0.833. The zero-order valence-electron chi connectivity index (χ0n) is 5.82. The average Bonchev–Trinajstić information content (AvgIpc) is 2.33. The summed E-state index contributed by atoms with van der Waals surface area (Å²) in [4.78, 5) is 10.6. The number of amides is 1. The van der Waals surface area contributed by atoms with Gasteiger partial charge < -0.3 is 5.32 Å². The maximum Gasteiger partial charge on any atom is 0.263 e. The highest BCUT2D eigenvalue weighted by Crippen LogP contribution is 2.54. The molecule has 0 saturated heterocycles. The van der Waals surface area contributed by atoms with Crippen LogP contribution in [0.2, 0.25) is 0 Å². The number of carbonyl (C=O) groups excluding carboxylic acids is 1. The standard InChI is InChI=1S/C6H9F2NO/c1-3-4(5(10)9-2)6(3,7)8/h3-4H,1-2H3,(H,9,10). The molecule has 0 aromatic rings. The molecule has 2 unspecified atom stereocenters. The summed E-state index contributed by atoms with van der Waals surface area (Å²) >= 11 is 0. The van der Waals surface area contributed by atoms with Gasteiger partial charge in [-0.2, -0.15) is 0 Å². The van der Waals surface area contributed by atoms with E-state index in [9.17, 15) is 13.6 Å². The van der Waals surface area contributed by atoms with Gasteiger partial charge in [0.1, 0.15) is 5.92 Å². The lowest BCUT2D eigenvalue weighted by Crippen LogP contribution is -2.22. The van der Waals surface area contributed by atoms with Crippen LogP contribution in [0.4, 0.5) is 8.78 Å². The zero-order chi connectivity index (χ0) is 7.94. The predicted molar refractivity (Wildman–Crippen MR) is 31.7 cm³/mol. The van der Waals surface area contributed by atoms with Crippen LogP contribution < -0.4 is 5.32 Å². The third kappa shape index (κ3) is 0.786. The van der Waals surface area contributed by atoms with Crippen molar-refractivity contribution in [1.29, 1.82) is 0 Å². The largest absolute Gasteiger partial charge is 0.359 e. The maximum absolute atomic E-state index is 12.4. The Kier molecular flexibility index (Phi) is 1.42. The first-order chi connectivity index (χ1) is 4.51. The van der Waals surface area contributed by atoms with Crippen LogP contribution in [0.3, 0.4) is 0 Å². The molecule has 1 fully saturated rings. The van der Waals surface area contributed by atoms with Gasteiger partial charge in [-0.1, -0.05) is 6.92 Å². The van der Waals surface area contributed by atoms with Crippen molar-refractivity contribution in [2.75, 3.05) is 7.05 Å². The van der Waals surface area contributed by atoms with Gasteiger partial charge in [0, 0.05) is 13.0 Å². The average molecular weight is 149 g/mol. The number of hydrogen-bond acceptors (Lipinski definition) is 1. The number of halogens is 2. The summed E-state index contributed by atoms with van der Waals surface area (Å²) in [5.41, 5.74) is 0. The molecule has 0 heterocycles. The minimum atomic E-state index is -2.76. The predicted octanol–water partition coefficient (Wildman–Crippen LogP) is 0.634. The molecule has 0 aromatic heterocycles. The number of carbonyl (C=O) groups is 1. The van der Waals surface area contributed by atoms with E-state index in [1.54, 1.807) is 0 Å². The lowest BCUT2D eigenvalue weighted by atomic mass is 10.3. The van der Waals surface area contributed by atoms with E-state index in [4.69, 9.17) is 0 Å². The van der Waals surface area contributed by atoms with Crippen LogP contribution in [0.5, 0.6) is 0 Å². The van der Waals surface area contributed by atoms with Gasteiger partial charge in [-0.15, -0.1) is 0 Å². The van der Waals surface area contributed by atoms with Gasteiger partial charge in [0.05, 0.1) is 0 Å². The van der Waals surface area contributed by atoms with Crippen molar-refractivity contribution < 1.29 is 13.6 Å². The minimum Gasteiger partial charge on any atom is -0.359 e. The van der Waals surface area contributed by atoms with Gasteiger partial charge in [-0.3, -0.25) is 4.79 Å². The number of hydrogen-bond donors (Lipinski definition) is 1. The third-order valence-electron chi connectivity index (χ3n) is 1.94. The van der Waals surface area contributed by atoms with Crippen LogP contribution in [0.15, 0.2) is 0 Å². The molecule has 0 aromatic carbocycles. The Morgan fingerprint density at radius 2 is 2.00 bits per heavy atom. The second-order valence-corrected chi connectivity index (χ2v) is 2.56. The van der Waals surface area contributed by atoms with Crippen LogP contribution in [0.1, 0.15) is 6.92 Å². The second kappa shape index (κ2) is 1.90. The van der Waals surface area contributed by atoms with Crippen molar-refractivity contribution in [3.63, 3.8) is 0 Å². The van der Waals surface area contributed by atoms with E-state index in [1.165, 1.54) is 14.0 Å². The highest BCUT2D eigenvalue weighted by molar-refractivity contribution is 5.83. The van der Waals surface area contributed by atoms with Gasteiger partial charge in [-0.05, 0) is 0 Å². The highest BCUT2D eigenvalue weighted by Gasteiger charge is 2.68.